The fraction of sp³-hybridized carbons (Fsp3) is 0.588. The number of rotatable bonds is 7. The number of benzene rings is 1. The largest absolute Gasteiger partial charge is 0.494 e. The van der Waals surface area contributed by atoms with Crippen LogP contribution in [0.2, 0.25) is 0 Å². The van der Waals surface area contributed by atoms with Gasteiger partial charge in [-0.2, -0.15) is 0 Å². The molecule has 0 bridgehead atoms. The Labute approximate surface area is 145 Å². The zero-order chi connectivity index (χ0) is 18.4. The summed E-state index contributed by atoms with van der Waals surface area (Å²) in [6.07, 6.45) is -5.54. The van der Waals surface area contributed by atoms with Crippen LogP contribution in [0.4, 0.5) is 0 Å². The highest BCUT2D eigenvalue weighted by molar-refractivity contribution is 5.89. The molecule has 140 valence electrons. The van der Waals surface area contributed by atoms with Crippen molar-refractivity contribution in [3.63, 3.8) is 0 Å². The fourth-order valence-corrected chi connectivity index (χ4v) is 2.33. The van der Waals surface area contributed by atoms with Gasteiger partial charge in [-0.1, -0.05) is 13.3 Å². The van der Waals surface area contributed by atoms with Crippen LogP contribution in [0.3, 0.4) is 0 Å². The standard InChI is InChI=1S/C17H24O8/c1-2-3-8-23-11-6-4-10(5-7-11)16(21)24-9-12-13(18)14(19)15(20)17(22)25-12/h4-7,12-15,17-20,22H,2-3,8-9H2,1H3/t12?,13-,14+,15?,17+/m1/s1. The molecule has 5 atom stereocenters. The highest BCUT2D eigenvalue weighted by Crippen LogP contribution is 2.20. The number of aliphatic hydroxyl groups is 4. The van der Waals surface area contributed by atoms with Gasteiger partial charge in [0.25, 0.3) is 0 Å². The highest BCUT2D eigenvalue weighted by Gasteiger charge is 2.43. The Morgan fingerprint density at radius 1 is 1.08 bits per heavy atom. The molecule has 0 radical (unpaired) electrons. The zero-order valence-corrected chi connectivity index (χ0v) is 13.9. The summed E-state index contributed by atoms with van der Waals surface area (Å²) in [5.41, 5.74) is 0.286. The summed E-state index contributed by atoms with van der Waals surface area (Å²) in [4.78, 5) is 12.0. The molecule has 1 aromatic rings. The molecule has 0 aromatic heterocycles. The number of aliphatic hydroxyl groups excluding tert-OH is 4. The van der Waals surface area contributed by atoms with Gasteiger partial charge in [-0.15, -0.1) is 0 Å². The maximum Gasteiger partial charge on any atom is 0.338 e. The highest BCUT2D eigenvalue weighted by atomic mass is 16.6. The predicted molar refractivity (Wildman–Crippen MR) is 86.0 cm³/mol. The third kappa shape index (κ3) is 5.13. The van der Waals surface area contributed by atoms with E-state index in [0.717, 1.165) is 12.8 Å². The molecule has 2 unspecified atom stereocenters. The quantitative estimate of drug-likeness (QED) is 0.392. The van der Waals surface area contributed by atoms with Gasteiger partial charge >= 0.3 is 5.97 Å². The van der Waals surface area contributed by atoms with Crippen molar-refractivity contribution in [1.29, 1.82) is 0 Å². The molecule has 0 saturated carbocycles. The lowest BCUT2D eigenvalue weighted by Gasteiger charge is -2.37. The Kier molecular flexibility index (Phi) is 7.15. The number of carbonyl (C=O) groups excluding carboxylic acids is 1. The van der Waals surface area contributed by atoms with E-state index in [1.54, 1.807) is 24.3 Å². The number of esters is 1. The lowest BCUT2D eigenvalue weighted by atomic mass is 9.99. The second-order valence-corrected chi connectivity index (χ2v) is 5.86. The Morgan fingerprint density at radius 3 is 2.40 bits per heavy atom. The maximum absolute atomic E-state index is 12.0. The van der Waals surface area contributed by atoms with Crippen LogP contribution in [0, 0.1) is 0 Å². The summed E-state index contributed by atoms with van der Waals surface area (Å²) < 4.78 is 15.5. The van der Waals surface area contributed by atoms with E-state index >= 15 is 0 Å². The molecule has 0 amide bonds. The van der Waals surface area contributed by atoms with Gasteiger partial charge in [-0.3, -0.25) is 0 Å². The molecule has 1 saturated heterocycles. The minimum absolute atomic E-state index is 0.286. The monoisotopic (exact) mass is 356 g/mol. The van der Waals surface area contributed by atoms with Crippen molar-refractivity contribution in [2.24, 2.45) is 0 Å². The van der Waals surface area contributed by atoms with Crippen LogP contribution >= 0.6 is 0 Å². The average molecular weight is 356 g/mol. The van der Waals surface area contributed by atoms with E-state index in [1.807, 2.05) is 0 Å². The van der Waals surface area contributed by atoms with Crippen molar-refractivity contribution in [3.8, 4) is 5.75 Å². The summed E-state index contributed by atoms with van der Waals surface area (Å²) in [6, 6.07) is 6.41. The molecule has 1 aromatic carbocycles. The summed E-state index contributed by atoms with van der Waals surface area (Å²) >= 11 is 0. The minimum atomic E-state index is -1.67. The molecule has 1 heterocycles. The van der Waals surface area contributed by atoms with Gasteiger partial charge in [-0.25, -0.2) is 4.79 Å². The van der Waals surface area contributed by atoms with Crippen molar-refractivity contribution in [2.45, 2.75) is 50.5 Å². The normalized spacial score (nSPS) is 29.2. The molecule has 1 fully saturated rings. The van der Waals surface area contributed by atoms with Gasteiger partial charge in [0.1, 0.15) is 36.8 Å². The summed E-state index contributed by atoms with van der Waals surface area (Å²) in [7, 11) is 0. The van der Waals surface area contributed by atoms with Gasteiger partial charge in [-0.05, 0) is 30.7 Å². The van der Waals surface area contributed by atoms with Gasteiger partial charge in [0, 0.05) is 0 Å². The van der Waals surface area contributed by atoms with Crippen molar-refractivity contribution < 1.29 is 39.4 Å². The molecule has 8 heteroatoms. The van der Waals surface area contributed by atoms with Crippen molar-refractivity contribution in [3.05, 3.63) is 29.8 Å². The Bertz CT molecular complexity index is 546. The maximum atomic E-state index is 12.0. The van der Waals surface area contributed by atoms with Crippen LogP contribution in [0.15, 0.2) is 24.3 Å². The van der Waals surface area contributed by atoms with Gasteiger partial charge in [0.2, 0.25) is 0 Å². The molecule has 8 nitrogen and oxygen atoms in total. The third-order valence-electron chi connectivity index (χ3n) is 3.92. The number of unbranched alkanes of at least 4 members (excludes halogenated alkanes) is 1. The first-order valence-corrected chi connectivity index (χ1v) is 8.21. The van der Waals surface area contributed by atoms with E-state index in [-0.39, 0.29) is 12.2 Å². The van der Waals surface area contributed by atoms with Crippen molar-refractivity contribution >= 4 is 5.97 Å². The molecule has 4 N–H and O–H groups in total. The summed E-state index contributed by atoms with van der Waals surface area (Å²) in [5, 5.41) is 38.2. The molecule has 2 rings (SSSR count). The molecule has 0 aliphatic carbocycles. The molecule has 1 aliphatic rings. The van der Waals surface area contributed by atoms with Crippen LogP contribution < -0.4 is 4.74 Å². The van der Waals surface area contributed by atoms with Crippen LogP contribution in [0.25, 0.3) is 0 Å². The Hall–Kier alpha value is -1.71. The van der Waals surface area contributed by atoms with Crippen LogP contribution in [0.5, 0.6) is 5.75 Å². The number of ether oxygens (including phenoxy) is 3. The summed E-state index contributed by atoms with van der Waals surface area (Å²) in [6.45, 7) is 2.29. The second kappa shape index (κ2) is 9.12. The molecule has 1 aliphatic heterocycles. The van der Waals surface area contributed by atoms with Crippen LogP contribution in [-0.2, 0) is 9.47 Å². The van der Waals surface area contributed by atoms with E-state index in [9.17, 15) is 25.2 Å². The number of hydrogen-bond acceptors (Lipinski definition) is 8. The smallest absolute Gasteiger partial charge is 0.338 e. The van der Waals surface area contributed by atoms with Gasteiger partial charge < -0.3 is 34.6 Å². The fourth-order valence-electron chi connectivity index (χ4n) is 2.33. The molecule has 0 spiro atoms. The third-order valence-corrected chi connectivity index (χ3v) is 3.92. The summed E-state index contributed by atoms with van der Waals surface area (Å²) in [5.74, 6) is 0.00211. The Morgan fingerprint density at radius 2 is 1.76 bits per heavy atom. The zero-order valence-electron chi connectivity index (χ0n) is 13.9. The number of carbonyl (C=O) groups is 1. The van der Waals surface area contributed by atoms with Crippen LogP contribution in [-0.4, -0.2) is 70.3 Å². The minimum Gasteiger partial charge on any atom is -0.494 e. The van der Waals surface area contributed by atoms with Crippen molar-refractivity contribution in [2.75, 3.05) is 13.2 Å². The van der Waals surface area contributed by atoms with Crippen molar-refractivity contribution in [1.82, 2.24) is 0 Å². The van der Waals surface area contributed by atoms with E-state index < -0.39 is 36.7 Å². The number of hydrogen-bond donors (Lipinski definition) is 4. The average Bonchev–Trinajstić information content (AvgIpc) is 2.62. The van der Waals surface area contributed by atoms with E-state index in [1.165, 1.54) is 0 Å². The predicted octanol–water partition coefficient (Wildman–Crippen LogP) is -0.178. The van der Waals surface area contributed by atoms with Crippen LogP contribution in [0.1, 0.15) is 30.1 Å². The Balaban J connectivity index is 1.85. The molecular weight excluding hydrogens is 332 g/mol. The topological polar surface area (TPSA) is 126 Å². The van der Waals surface area contributed by atoms with E-state index in [0.29, 0.717) is 12.4 Å². The van der Waals surface area contributed by atoms with Gasteiger partial charge in [0.15, 0.2) is 6.29 Å². The molecular formula is C17H24O8. The first-order valence-electron chi connectivity index (χ1n) is 8.21. The van der Waals surface area contributed by atoms with E-state index in [4.69, 9.17) is 14.2 Å². The van der Waals surface area contributed by atoms with E-state index in [2.05, 4.69) is 6.92 Å². The second-order valence-electron chi connectivity index (χ2n) is 5.86. The first-order chi connectivity index (χ1) is 11.9. The lowest BCUT2D eigenvalue weighted by Crippen LogP contribution is -2.58. The first kappa shape index (κ1) is 19.6. The van der Waals surface area contributed by atoms with Gasteiger partial charge in [0.05, 0.1) is 12.2 Å². The SMILES string of the molecule is CCCCOc1ccc(C(=O)OCC2O[C@H](O)C(O)[C@@H](O)[C@@H]2O)cc1. The molecule has 25 heavy (non-hydrogen) atoms. The lowest BCUT2D eigenvalue weighted by molar-refractivity contribution is -0.286.